The lowest BCUT2D eigenvalue weighted by Gasteiger charge is -2.31. The minimum atomic E-state index is 0.592. The van der Waals surface area contributed by atoms with Crippen LogP contribution in [0.2, 0.25) is 0 Å². The molecule has 0 amide bonds. The van der Waals surface area contributed by atoms with Crippen LogP contribution < -0.4 is 5.73 Å². The van der Waals surface area contributed by atoms with E-state index in [0.717, 1.165) is 37.6 Å². The Morgan fingerprint density at radius 2 is 2.07 bits per heavy atom. The van der Waals surface area contributed by atoms with E-state index in [0.29, 0.717) is 5.82 Å². The van der Waals surface area contributed by atoms with Crippen molar-refractivity contribution in [3.63, 3.8) is 0 Å². The molecule has 0 saturated carbocycles. The third-order valence-electron chi connectivity index (χ3n) is 2.55. The van der Waals surface area contributed by atoms with Gasteiger partial charge >= 0.3 is 0 Å². The zero-order valence-electron chi connectivity index (χ0n) is 8.31. The van der Waals surface area contributed by atoms with Gasteiger partial charge in [0.25, 0.3) is 0 Å². The van der Waals surface area contributed by atoms with E-state index in [1.165, 1.54) is 11.5 Å². The lowest BCUT2D eigenvalue weighted by molar-refractivity contribution is 0.149. The molecule has 6 heteroatoms. The third kappa shape index (κ3) is 2.20. The quantitative estimate of drug-likeness (QED) is 0.741. The Hall–Kier alpha value is -0.720. The molecule has 0 unspecified atom stereocenters. The predicted octanol–water partition coefficient (Wildman–Crippen LogP) is -0.132. The van der Waals surface area contributed by atoms with Gasteiger partial charge in [-0.15, -0.1) is 5.10 Å². The highest BCUT2D eigenvalue weighted by Gasteiger charge is 2.16. The molecule has 0 radical (unpaired) electrons. The second kappa shape index (κ2) is 4.20. The number of nitrogens with two attached hydrogens (primary N) is 1. The van der Waals surface area contributed by atoms with Crippen molar-refractivity contribution in [1.29, 1.82) is 0 Å². The minimum Gasteiger partial charge on any atom is -0.381 e. The first-order chi connectivity index (χ1) is 6.75. The molecule has 1 aliphatic heterocycles. The van der Waals surface area contributed by atoms with Gasteiger partial charge in [-0.2, -0.15) is 0 Å². The second-order valence-corrected chi connectivity index (χ2v) is 4.50. The first-order valence-corrected chi connectivity index (χ1v) is 5.50. The van der Waals surface area contributed by atoms with E-state index < -0.39 is 0 Å². The van der Waals surface area contributed by atoms with Crippen LogP contribution in [-0.4, -0.2) is 52.6 Å². The maximum atomic E-state index is 5.68. The number of nitrogen functional groups attached to an aromatic ring is 1. The number of piperazine rings is 1. The molecule has 78 valence electrons. The van der Waals surface area contributed by atoms with Crippen molar-refractivity contribution in [2.45, 2.75) is 6.54 Å². The molecule has 2 rings (SSSR count). The van der Waals surface area contributed by atoms with Crippen LogP contribution in [0.4, 0.5) is 5.82 Å². The van der Waals surface area contributed by atoms with Crippen LogP contribution in [0.5, 0.6) is 0 Å². The Kier molecular flexibility index (Phi) is 2.95. The largest absolute Gasteiger partial charge is 0.381 e. The summed E-state index contributed by atoms with van der Waals surface area (Å²) in [4.78, 5) is 5.82. The number of anilines is 1. The molecule has 0 spiro atoms. The number of hydrogen-bond donors (Lipinski definition) is 1. The molecule has 0 bridgehead atoms. The molecule has 1 fully saturated rings. The molecular weight excluding hydrogens is 198 g/mol. The molecule has 1 aromatic rings. The summed E-state index contributed by atoms with van der Waals surface area (Å²) in [6.45, 7) is 5.37. The molecule has 0 aromatic carbocycles. The molecule has 5 nitrogen and oxygen atoms in total. The van der Waals surface area contributed by atoms with Crippen molar-refractivity contribution in [3.05, 3.63) is 4.88 Å². The van der Waals surface area contributed by atoms with Gasteiger partial charge in [-0.3, -0.25) is 4.90 Å². The average molecular weight is 213 g/mol. The lowest BCUT2D eigenvalue weighted by Crippen LogP contribution is -2.43. The van der Waals surface area contributed by atoms with E-state index in [-0.39, 0.29) is 0 Å². The van der Waals surface area contributed by atoms with Crippen LogP contribution in [-0.2, 0) is 6.54 Å². The van der Waals surface area contributed by atoms with Crippen LogP contribution in [0.1, 0.15) is 4.88 Å². The number of rotatable bonds is 2. The maximum Gasteiger partial charge on any atom is 0.163 e. The monoisotopic (exact) mass is 213 g/mol. The summed E-state index contributed by atoms with van der Waals surface area (Å²) >= 11 is 1.40. The van der Waals surface area contributed by atoms with Crippen LogP contribution in [0.25, 0.3) is 0 Å². The van der Waals surface area contributed by atoms with E-state index in [4.69, 9.17) is 5.73 Å². The van der Waals surface area contributed by atoms with Gasteiger partial charge in [-0.05, 0) is 18.6 Å². The molecule has 1 saturated heterocycles. The molecule has 0 atom stereocenters. The molecule has 2 heterocycles. The fourth-order valence-electron chi connectivity index (χ4n) is 1.54. The van der Waals surface area contributed by atoms with Crippen molar-refractivity contribution in [1.82, 2.24) is 19.4 Å². The summed E-state index contributed by atoms with van der Waals surface area (Å²) in [6.07, 6.45) is 0. The zero-order valence-corrected chi connectivity index (χ0v) is 9.13. The lowest BCUT2D eigenvalue weighted by atomic mass is 10.3. The summed E-state index contributed by atoms with van der Waals surface area (Å²) in [6, 6.07) is 0. The van der Waals surface area contributed by atoms with E-state index in [9.17, 15) is 0 Å². The minimum absolute atomic E-state index is 0.592. The Balaban J connectivity index is 1.89. The van der Waals surface area contributed by atoms with Gasteiger partial charge in [0.1, 0.15) is 0 Å². The highest BCUT2D eigenvalue weighted by Crippen LogP contribution is 2.15. The van der Waals surface area contributed by atoms with Gasteiger partial charge in [0.15, 0.2) is 5.82 Å². The number of hydrogen-bond acceptors (Lipinski definition) is 6. The van der Waals surface area contributed by atoms with Crippen molar-refractivity contribution in [2.75, 3.05) is 39.0 Å². The van der Waals surface area contributed by atoms with Gasteiger partial charge in [0, 0.05) is 32.7 Å². The third-order valence-corrected chi connectivity index (χ3v) is 3.27. The van der Waals surface area contributed by atoms with E-state index >= 15 is 0 Å². The van der Waals surface area contributed by atoms with Crippen molar-refractivity contribution >= 4 is 17.4 Å². The van der Waals surface area contributed by atoms with Gasteiger partial charge < -0.3 is 10.6 Å². The van der Waals surface area contributed by atoms with E-state index in [1.807, 2.05) is 0 Å². The van der Waals surface area contributed by atoms with Crippen molar-refractivity contribution in [3.8, 4) is 0 Å². The van der Waals surface area contributed by atoms with Gasteiger partial charge in [-0.25, -0.2) is 0 Å². The Morgan fingerprint density at radius 3 is 2.64 bits per heavy atom. The number of nitrogens with zero attached hydrogens (tertiary/aromatic N) is 4. The van der Waals surface area contributed by atoms with Crippen molar-refractivity contribution < 1.29 is 0 Å². The summed E-state index contributed by atoms with van der Waals surface area (Å²) in [7, 11) is 2.15. The van der Waals surface area contributed by atoms with E-state index in [2.05, 4.69) is 26.4 Å². The highest BCUT2D eigenvalue weighted by atomic mass is 32.1. The van der Waals surface area contributed by atoms with Crippen LogP contribution in [0.3, 0.4) is 0 Å². The number of likely N-dealkylation sites (N-methyl/N-ethyl adjacent to an activating group) is 1. The maximum absolute atomic E-state index is 5.68. The fraction of sp³-hybridized carbons (Fsp3) is 0.750. The second-order valence-electron chi connectivity index (χ2n) is 3.66. The van der Waals surface area contributed by atoms with Crippen molar-refractivity contribution in [2.24, 2.45) is 0 Å². The molecule has 0 aliphatic carbocycles. The average Bonchev–Trinajstić information content (AvgIpc) is 2.56. The topological polar surface area (TPSA) is 58.3 Å². The summed E-state index contributed by atoms with van der Waals surface area (Å²) < 4.78 is 3.83. The summed E-state index contributed by atoms with van der Waals surface area (Å²) in [5.41, 5.74) is 5.68. The predicted molar refractivity (Wildman–Crippen MR) is 57.1 cm³/mol. The Labute approximate surface area is 87.7 Å². The highest BCUT2D eigenvalue weighted by molar-refractivity contribution is 7.06. The van der Waals surface area contributed by atoms with Crippen LogP contribution in [0, 0.1) is 0 Å². The molecule has 1 aromatic heterocycles. The summed E-state index contributed by atoms with van der Waals surface area (Å²) in [5, 5.41) is 3.81. The molecule has 1 aliphatic rings. The standard InChI is InChI=1S/C8H15N5S/c1-12-2-4-13(5-3-12)6-7-8(9)10-11-14-7/h2-6,9H2,1H3. The fourth-order valence-corrected chi connectivity index (χ4v) is 2.14. The molecular formula is C8H15N5S. The SMILES string of the molecule is CN1CCN(Cc2snnc2N)CC1. The van der Waals surface area contributed by atoms with Gasteiger partial charge in [0.2, 0.25) is 0 Å². The molecule has 14 heavy (non-hydrogen) atoms. The molecule has 2 N–H and O–H groups in total. The van der Waals surface area contributed by atoms with Gasteiger partial charge in [0.05, 0.1) is 4.88 Å². The van der Waals surface area contributed by atoms with E-state index in [1.54, 1.807) is 0 Å². The Bertz CT molecular complexity index is 292. The first-order valence-electron chi connectivity index (χ1n) is 4.73. The number of aromatic nitrogens is 2. The van der Waals surface area contributed by atoms with Crippen LogP contribution >= 0.6 is 11.5 Å². The van der Waals surface area contributed by atoms with Crippen LogP contribution in [0.15, 0.2) is 0 Å². The first kappa shape index (κ1) is 9.82. The Morgan fingerprint density at radius 1 is 1.36 bits per heavy atom. The smallest absolute Gasteiger partial charge is 0.163 e. The van der Waals surface area contributed by atoms with Gasteiger partial charge in [-0.1, -0.05) is 4.49 Å². The summed E-state index contributed by atoms with van der Waals surface area (Å²) in [5.74, 6) is 0.592. The zero-order chi connectivity index (χ0) is 9.97. The normalized spacial score (nSPS) is 20.1.